The molecule has 1 N–H and O–H groups in total. The minimum Gasteiger partial charge on any atom is -0.477 e. The van der Waals surface area contributed by atoms with Crippen molar-refractivity contribution in [3.05, 3.63) is 56.1 Å². The Bertz CT molecular complexity index is 771. The zero-order valence-corrected chi connectivity index (χ0v) is 9.96. The first kappa shape index (κ1) is 14.0. The summed E-state index contributed by atoms with van der Waals surface area (Å²) >= 11 is 0. The maximum absolute atomic E-state index is 13.8. The molecule has 21 heavy (non-hydrogen) atoms. The highest BCUT2D eigenvalue weighted by Crippen LogP contribution is 2.26. The molecule has 108 valence electrons. The molecule has 10 nitrogen and oxygen atoms in total. The summed E-state index contributed by atoms with van der Waals surface area (Å²) in [5, 5.41) is 33.6. The lowest BCUT2D eigenvalue weighted by Crippen LogP contribution is -2.07. The van der Waals surface area contributed by atoms with Crippen LogP contribution in [0.1, 0.15) is 10.4 Å². The number of carboxylic acids is 1. The van der Waals surface area contributed by atoms with Crippen LogP contribution >= 0.6 is 0 Å². The molecule has 0 fully saturated rings. The molecular formula is C10H5FN4O6. The van der Waals surface area contributed by atoms with Gasteiger partial charge in [0, 0.05) is 0 Å². The Balaban J connectivity index is 2.63. The number of aromatic nitrogens is 2. The van der Waals surface area contributed by atoms with Crippen molar-refractivity contribution in [1.29, 1.82) is 0 Å². The van der Waals surface area contributed by atoms with Crippen LogP contribution in [-0.4, -0.2) is 30.7 Å². The molecule has 0 aliphatic carbocycles. The SMILES string of the molecule is O=C(O)c1cc(-n2cc([N+](=O)[O-])cn2)c(F)cc1[N+](=O)[O-]. The smallest absolute Gasteiger partial charge is 0.342 e. The van der Waals surface area contributed by atoms with Crippen LogP contribution in [0.5, 0.6) is 0 Å². The van der Waals surface area contributed by atoms with Gasteiger partial charge in [-0.25, -0.2) is 13.9 Å². The molecule has 2 aromatic rings. The van der Waals surface area contributed by atoms with Gasteiger partial charge in [0.05, 0.1) is 15.9 Å². The van der Waals surface area contributed by atoms with E-state index < -0.39 is 44.3 Å². The number of hydrogen-bond acceptors (Lipinski definition) is 6. The normalized spacial score (nSPS) is 10.3. The molecule has 1 aromatic heterocycles. The first-order valence-electron chi connectivity index (χ1n) is 5.22. The number of rotatable bonds is 4. The molecule has 1 aromatic carbocycles. The zero-order valence-electron chi connectivity index (χ0n) is 9.96. The predicted octanol–water partition coefficient (Wildman–Crippen LogP) is 1.53. The van der Waals surface area contributed by atoms with Gasteiger partial charge < -0.3 is 5.11 Å². The van der Waals surface area contributed by atoms with Crippen LogP contribution in [0.2, 0.25) is 0 Å². The summed E-state index contributed by atoms with van der Waals surface area (Å²) in [6, 6.07) is 1.11. The lowest BCUT2D eigenvalue weighted by molar-refractivity contribution is -0.385. The lowest BCUT2D eigenvalue weighted by atomic mass is 10.1. The third-order valence-corrected chi connectivity index (χ3v) is 2.52. The molecule has 1 heterocycles. The number of nitro groups is 2. The molecular weight excluding hydrogens is 291 g/mol. The molecule has 2 rings (SSSR count). The molecule has 0 saturated carbocycles. The number of nitro benzene ring substituents is 1. The van der Waals surface area contributed by atoms with E-state index in [-0.39, 0.29) is 0 Å². The third-order valence-electron chi connectivity index (χ3n) is 2.52. The number of benzene rings is 1. The van der Waals surface area contributed by atoms with Crippen LogP contribution in [0.15, 0.2) is 24.5 Å². The Morgan fingerprint density at radius 2 is 1.95 bits per heavy atom. The number of aromatic carboxylic acids is 1. The summed E-state index contributed by atoms with van der Waals surface area (Å²) in [6.07, 6.45) is 1.69. The van der Waals surface area contributed by atoms with E-state index in [2.05, 4.69) is 5.10 Å². The molecule has 0 amide bonds. The second-order valence-electron chi connectivity index (χ2n) is 3.78. The largest absolute Gasteiger partial charge is 0.477 e. The summed E-state index contributed by atoms with van der Waals surface area (Å²) in [4.78, 5) is 30.4. The van der Waals surface area contributed by atoms with E-state index >= 15 is 0 Å². The van der Waals surface area contributed by atoms with Gasteiger partial charge in [-0.1, -0.05) is 0 Å². The molecule has 0 radical (unpaired) electrons. The topological polar surface area (TPSA) is 141 Å². The Labute approximate surface area is 114 Å². The average Bonchev–Trinajstić information content (AvgIpc) is 2.87. The summed E-state index contributed by atoms with van der Waals surface area (Å²) in [5.41, 5.74) is -2.57. The van der Waals surface area contributed by atoms with Crippen LogP contribution in [0.3, 0.4) is 0 Å². The third kappa shape index (κ3) is 2.51. The standard InChI is InChI=1S/C10H5FN4O6/c11-7-2-8(15(20)21)6(10(16)17)1-9(7)13-4-5(3-12-13)14(18)19/h1-4H,(H,16,17). The van der Waals surface area contributed by atoms with Gasteiger partial charge in [-0.05, 0) is 6.07 Å². The van der Waals surface area contributed by atoms with E-state index in [1.807, 2.05) is 0 Å². The molecule has 0 aliphatic rings. The highest BCUT2D eigenvalue weighted by Gasteiger charge is 2.24. The second kappa shape index (κ2) is 4.96. The van der Waals surface area contributed by atoms with Crippen molar-refractivity contribution in [3.63, 3.8) is 0 Å². The minimum atomic E-state index is -1.63. The van der Waals surface area contributed by atoms with Crippen molar-refractivity contribution in [2.24, 2.45) is 0 Å². The highest BCUT2D eigenvalue weighted by atomic mass is 19.1. The van der Waals surface area contributed by atoms with Gasteiger partial charge in [0.25, 0.3) is 5.69 Å². The first-order valence-corrected chi connectivity index (χ1v) is 5.22. The lowest BCUT2D eigenvalue weighted by Gasteiger charge is -2.05. The summed E-state index contributed by atoms with van der Waals surface area (Å²) in [6.45, 7) is 0. The van der Waals surface area contributed by atoms with Crippen LogP contribution in [-0.2, 0) is 0 Å². The van der Waals surface area contributed by atoms with Crippen LogP contribution in [0.4, 0.5) is 15.8 Å². The van der Waals surface area contributed by atoms with Crippen molar-refractivity contribution >= 4 is 17.3 Å². The van der Waals surface area contributed by atoms with Crippen molar-refractivity contribution in [3.8, 4) is 5.69 Å². The van der Waals surface area contributed by atoms with Crippen LogP contribution in [0, 0.1) is 26.0 Å². The van der Waals surface area contributed by atoms with E-state index in [0.29, 0.717) is 12.1 Å². The molecule has 0 unspecified atom stereocenters. The van der Waals surface area contributed by atoms with Crippen molar-refractivity contribution in [1.82, 2.24) is 9.78 Å². The Kier molecular flexibility index (Phi) is 3.32. The van der Waals surface area contributed by atoms with E-state index in [4.69, 9.17) is 5.11 Å². The fourth-order valence-electron chi connectivity index (χ4n) is 1.59. The molecule has 0 saturated heterocycles. The van der Waals surface area contributed by atoms with Gasteiger partial charge in [0.1, 0.15) is 23.6 Å². The van der Waals surface area contributed by atoms with Gasteiger partial charge in [-0.2, -0.15) is 5.10 Å². The summed E-state index contributed by atoms with van der Waals surface area (Å²) < 4.78 is 14.5. The maximum atomic E-state index is 13.8. The zero-order chi connectivity index (χ0) is 15.7. The van der Waals surface area contributed by atoms with E-state index in [0.717, 1.165) is 17.1 Å². The van der Waals surface area contributed by atoms with Gasteiger partial charge >= 0.3 is 11.7 Å². The van der Waals surface area contributed by atoms with E-state index in [1.54, 1.807) is 0 Å². The first-order chi connectivity index (χ1) is 9.81. The molecule has 0 aliphatic heterocycles. The van der Waals surface area contributed by atoms with Gasteiger partial charge in [-0.15, -0.1) is 0 Å². The molecule has 0 spiro atoms. The second-order valence-corrected chi connectivity index (χ2v) is 3.78. The fourth-order valence-corrected chi connectivity index (χ4v) is 1.59. The summed E-state index contributed by atoms with van der Waals surface area (Å²) in [7, 11) is 0. The predicted molar refractivity (Wildman–Crippen MR) is 63.8 cm³/mol. The maximum Gasteiger partial charge on any atom is 0.342 e. The summed E-state index contributed by atoms with van der Waals surface area (Å²) in [5.74, 6) is -2.77. The van der Waals surface area contributed by atoms with Crippen LogP contribution in [0.25, 0.3) is 5.69 Å². The van der Waals surface area contributed by atoms with Crippen molar-refractivity contribution in [2.75, 3.05) is 0 Å². The Hall–Kier alpha value is -3.37. The van der Waals surface area contributed by atoms with Gasteiger partial charge in [0.15, 0.2) is 5.82 Å². The number of halogens is 1. The molecule has 0 bridgehead atoms. The van der Waals surface area contributed by atoms with Crippen molar-refractivity contribution < 1.29 is 24.1 Å². The minimum absolute atomic E-state index is 0.423. The Morgan fingerprint density at radius 3 is 2.43 bits per heavy atom. The van der Waals surface area contributed by atoms with Crippen molar-refractivity contribution in [2.45, 2.75) is 0 Å². The van der Waals surface area contributed by atoms with Crippen LogP contribution < -0.4 is 0 Å². The molecule has 11 heteroatoms. The number of carboxylic acid groups (broad SMARTS) is 1. The quantitative estimate of drug-likeness (QED) is 0.665. The highest BCUT2D eigenvalue weighted by molar-refractivity contribution is 5.93. The number of nitrogens with zero attached hydrogens (tertiary/aromatic N) is 4. The Morgan fingerprint density at radius 1 is 1.29 bits per heavy atom. The monoisotopic (exact) mass is 296 g/mol. The number of hydrogen-bond donors (Lipinski definition) is 1. The van der Waals surface area contributed by atoms with Gasteiger partial charge in [0.2, 0.25) is 0 Å². The fraction of sp³-hybridized carbons (Fsp3) is 0. The number of carbonyl (C=O) groups is 1. The average molecular weight is 296 g/mol. The van der Waals surface area contributed by atoms with E-state index in [9.17, 15) is 29.4 Å². The van der Waals surface area contributed by atoms with Gasteiger partial charge in [-0.3, -0.25) is 20.2 Å². The molecule has 0 atom stereocenters. The van der Waals surface area contributed by atoms with E-state index in [1.165, 1.54) is 0 Å².